The Morgan fingerprint density at radius 3 is 2.33 bits per heavy atom. The molecule has 33 heavy (non-hydrogen) atoms. The summed E-state index contributed by atoms with van der Waals surface area (Å²) in [5.41, 5.74) is 0.812. The molecule has 1 fully saturated rings. The van der Waals surface area contributed by atoms with Crippen molar-refractivity contribution in [2.24, 2.45) is 0 Å². The first-order valence-electron chi connectivity index (χ1n) is 10.9. The average molecular weight is 475 g/mol. The van der Waals surface area contributed by atoms with Gasteiger partial charge in [0.05, 0.1) is 9.82 Å². The second-order valence-electron chi connectivity index (χ2n) is 8.95. The van der Waals surface area contributed by atoms with Gasteiger partial charge in [-0.2, -0.15) is 4.31 Å². The highest BCUT2D eigenvalue weighted by molar-refractivity contribution is 7.89. The second-order valence-corrected chi connectivity index (χ2v) is 10.9. The molecular weight excluding hydrogens is 444 g/mol. The van der Waals surface area contributed by atoms with E-state index >= 15 is 0 Å². The Morgan fingerprint density at radius 1 is 1.09 bits per heavy atom. The van der Waals surface area contributed by atoms with Crippen molar-refractivity contribution in [3.63, 3.8) is 0 Å². The molecule has 178 valence electrons. The van der Waals surface area contributed by atoms with Crippen LogP contribution in [0.15, 0.2) is 59.5 Å². The van der Waals surface area contributed by atoms with Crippen molar-refractivity contribution in [2.45, 2.75) is 43.5 Å². The van der Waals surface area contributed by atoms with Crippen molar-refractivity contribution in [3.8, 4) is 0 Å². The number of nitro benzene ring substituents is 1. The largest absolute Gasteiger partial charge is 0.336 e. The van der Waals surface area contributed by atoms with E-state index in [9.17, 15) is 23.3 Å². The van der Waals surface area contributed by atoms with E-state index in [1.807, 2.05) is 25.1 Å². The summed E-state index contributed by atoms with van der Waals surface area (Å²) < 4.78 is 27.0. The van der Waals surface area contributed by atoms with E-state index < -0.39 is 14.9 Å². The maximum absolute atomic E-state index is 12.9. The second kappa shape index (κ2) is 9.88. The third-order valence-electron chi connectivity index (χ3n) is 5.93. The highest BCUT2D eigenvalue weighted by atomic mass is 32.2. The van der Waals surface area contributed by atoms with Crippen molar-refractivity contribution >= 4 is 21.7 Å². The Kier molecular flexibility index (Phi) is 7.38. The summed E-state index contributed by atoms with van der Waals surface area (Å²) in [6.07, 6.45) is 0.754. The highest BCUT2D eigenvalue weighted by Crippen LogP contribution is 2.28. The van der Waals surface area contributed by atoms with Gasteiger partial charge in [0.2, 0.25) is 10.0 Å². The van der Waals surface area contributed by atoms with Gasteiger partial charge in [-0.05, 0) is 30.4 Å². The van der Waals surface area contributed by atoms with Crippen LogP contribution in [0.25, 0.3) is 0 Å². The van der Waals surface area contributed by atoms with Crippen molar-refractivity contribution in [2.75, 3.05) is 26.2 Å². The van der Waals surface area contributed by atoms with E-state index in [1.54, 1.807) is 4.90 Å². The Morgan fingerprint density at radius 2 is 1.73 bits per heavy atom. The molecule has 2 aromatic carbocycles. The number of sulfonamides is 1. The smallest absolute Gasteiger partial charge is 0.317 e. The fraction of sp³-hybridized carbons (Fsp3) is 0.435. The maximum atomic E-state index is 12.9. The van der Waals surface area contributed by atoms with Crippen LogP contribution in [0, 0.1) is 10.1 Å². The van der Waals surface area contributed by atoms with E-state index in [4.69, 9.17) is 0 Å². The van der Waals surface area contributed by atoms with E-state index in [-0.39, 0.29) is 54.2 Å². The zero-order chi connectivity index (χ0) is 24.2. The molecule has 0 aliphatic carbocycles. The van der Waals surface area contributed by atoms with Gasteiger partial charge in [-0.1, -0.05) is 50.2 Å². The summed E-state index contributed by atoms with van der Waals surface area (Å²) in [5, 5.41) is 14.0. The molecule has 3 rings (SSSR count). The minimum absolute atomic E-state index is 0.0701. The Balaban J connectivity index is 1.56. The number of urea groups is 1. The normalized spacial score (nSPS) is 16.3. The predicted octanol–water partition coefficient (Wildman–Crippen LogP) is 3.37. The molecule has 1 heterocycles. The number of piperazine rings is 1. The van der Waals surface area contributed by atoms with Crippen LogP contribution in [0.1, 0.15) is 32.8 Å². The van der Waals surface area contributed by atoms with Gasteiger partial charge in [0, 0.05) is 44.4 Å². The van der Waals surface area contributed by atoms with Crippen LogP contribution in [0.2, 0.25) is 0 Å². The lowest BCUT2D eigenvalue weighted by Gasteiger charge is -2.35. The fourth-order valence-corrected chi connectivity index (χ4v) is 5.63. The summed E-state index contributed by atoms with van der Waals surface area (Å²) in [5.74, 6) is 0. The molecule has 1 N–H and O–H groups in total. The lowest BCUT2D eigenvalue weighted by molar-refractivity contribution is -0.385. The monoisotopic (exact) mass is 474 g/mol. The highest BCUT2D eigenvalue weighted by Gasteiger charge is 2.32. The number of nitro groups is 1. The first-order chi connectivity index (χ1) is 15.5. The zero-order valence-corrected chi connectivity index (χ0v) is 19.9. The molecular formula is C23H30N4O5S. The van der Waals surface area contributed by atoms with Crippen LogP contribution >= 0.6 is 0 Å². The SMILES string of the molecule is CC(CC(C)(C)c1ccccc1)NC(=O)N1CCN(S(=O)(=O)c2cccc([N+](=O)[O-])c2)CC1. The number of nitrogens with zero attached hydrogens (tertiary/aromatic N) is 3. The quantitative estimate of drug-likeness (QED) is 0.488. The van der Waals surface area contributed by atoms with Gasteiger partial charge in [0.25, 0.3) is 5.69 Å². The molecule has 10 heteroatoms. The van der Waals surface area contributed by atoms with E-state index in [0.717, 1.165) is 12.5 Å². The van der Waals surface area contributed by atoms with Gasteiger partial charge in [-0.3, -0.25) is 10.1 Å². The molecule has 2 aromatic rings. The van der Waals surface area contributed by atoms with E-state index in [0.29, 0.717) is 0 Å². The van der Waals surface area contributed by atoms with Crippen LogP contribution in [0.3, 0.4) is 0 Å². The molecule has 1 aliphatic heterocycles. The van der Waals surface area contributed by atoms with Gasteiger partial charge >= 0.3 is 6.03 Å². The summed E-state index contributed by atoms with van der Waals surface area (Å²) in [4.78, 5) is 24.6. The number of non-ortho nitro benzene ring substituents is 1. The molecule has 1 aliphatic rings. The first kappa shape index (κ1) is 24.7. The molecule has 0 aromatic heterocycles. The minimum Gasteiger partial charge on any atom is -0.336 e. The summed E-state index contributed by atoms with van der Waals surface area (Å²) in [6, 6.07) is 14.9. The third kappa shape index (κ3) is 5.88. The lowest BCUT2D eigenvalue weighted by atomic mass is 9.79. The predicted molar refractivity (Wildman–Crippen MR) is 126 cm³/mol. The van der Waals surface area contributed by atoms with Crippen LogP contribution in [0.5, 0.6) is 0 Å². The molecule has 0 radical (unpaired) electrons. The summed E-state index contributed by atoms with van der Waals surface area (Å²) in [6.45, 7) is 6.99. The molecule has 9 nitrogen and oxygen atoms in total. The molecule has 1 atom stereocenters. The molecule has 0 spiro atoms. The van der Waals surface area contributed by atoms with Crippen LogP contribution in [0.4, 0.5) is 10.5 Å². The number of amides is 2. The topological polar surface area (TPSA) is 113 Å². The minimum atomic E-state index is -3.87. The molecule has 2 amide bonds. The average Bonchev–Trinajstić information content (AvgIpc) is 2.79. The number of hydrogen-bond donors (Lipinski definition) is 1. The van der Waals surface area contributed by atoms with Crippen molar-refractivity contribution in [1.29, 1.82) is 0 Å². The van der Waals surface area contributed by atoms with Crippen molar-refractivity contribution in [1.82, 2.24) is 14.5 Å². The number of hydrogen-bond acceptors (Lipinski definition) is 5. The number of carbonyl (C=O) groups excluding carboxylic acids is 1. The number of nitrogens with one attached hydrogen (secondary N) is 1. The van der Waals surface area contributed by atoms with E-state index in [1.165, 1.54) is 28.1 Å². The van der Waals surface area contributed by atoms with Gasteiger partial charge in [0.15, 0.2) is 0 Å². The van der Waals surface area contributed by atoms with Crippen LogP contribution in [-0.4, -0.2) is 60.8 Å². The van der Waals surface area contributed by atoms with Gasteiger partial charge in [0.1, 0.15) is 0 Å². The number of rotatable bonds is 7. The number of carbonyl (C=O) groups is 1. The van der Waals surface area contributed by atoms with Gasteiger partial charge in [-0.15, -0.1) is 0 Å². The standard InChI is InChI=1S/C23H30N4O5S/c1-18(17-23(2,3)19-8-5-4-6-9-19)24-22(28)25-12-14-26(15-13-25)33(31,32)21-11-7-10-20(16-21)27(29)30/h4-11,16,18H,12-15,17H2,1-3H3,(H,24,28). The van der Waals surface area contributed by atoms with Crippen molar-refractivity contribution in [3.05, 3.63) is 70.3 Å². The molecule has 0 bridgehead atoms. The Hall–Kier alpha value is -2.98. The molecule has 0 saturated carbocycles. The summed E-state index contributed by atoms with van der Waals surface area (Å²) >= 11 is 0. The van der Waals surface area contributed by atoms with Crippen molar-refractivity contribution < 1.29 is 18.1 Å². The first-order valence-corrected chi connectivity index (χ1v) is 12.3. The zero-order valence-electron chi connectivity index (χ0n) is 19.1. The lowest BCUT2D eigenvalue weighted by Crippen LogP contribution is -2.54. The number of benzene rings is 2. The van der Waals surface area contributed by atoms with Gasteiger partial charge in [-0.25, -0.2) is 13.2 Å². The Bertz CT molecular complexity index is 1100. The summed E-state index contributed by atoms with van der Waals surface area (Å²) in [7, 11) is -3.87. The van der Waals surface area contributed by atoms with Gasteiger partial charge < -0.3 is 10.2 Å². The fourth-order valence-electron chi connectivity index (χ4n) is 4.16. The molecule has 1 unspecified atom stereocenters. The Labute approximate surface area is 194 Å². The maximum Gasteiger partial charge on any atom is 0.317 e. The molecule has 1 saturated heterocycles. The van der Waals surface area contributed by atoms with Crippen LogP contribution < -0.4 is 5.32 Å². The third-order valence-corrected chi connectivity index (χ3v) is 7.83. The van der Waals surface area contributed by atoms with E-state index in [2.05, 4.69) is 31.3 Å². The van der Waals surface area contributed by atoms with Crippen LogP contribution in [-0.2, 0) is 15.4 Å².